The summed E-state index contributed by atoms with van der Waals surface area (Å²) >= 11 is 0. The number of nitrogens with one attached hydrogen (secondary N) is 2. The summed E-state index contributed by atoms with van der Waals surface area (Å²) in [5.41, 5.74) is -0.124. The average molecular weight is 306 g/mol. The van der Waals surface area contributed by atoms with E-state index in [0.717, 1.165) is 38.1 Å². The minimum absolute atomic E-state index is 0.00523. The van der Waals surface area contributed by atoms with Gasteiger partial charge in [-0.15, -0.1) is 0 Å². The molecule has 0 spiro atoms. The molecule has 0 aromatic carbocycles. The Labute approximate surface area is 127 Å². The molecule has 0 aliphatic heterocycles. The van der Waals surface area contributed by atoms with Crippen molar-refractivity contribution in [1.82, 2.24) is 20.6 Å². The van der Waals surface area contributed by atoms with Crippen LogP contribution >= 0.6 is 0 Å². The molecule has 0 unspecified atom stereocenters. The van der Waals surface area contributed by atoms with Crippen molar-refractivity contribution < 1.29 is 19.5 Å². The van der Waals surface area contributed by atoms with Gasteiger partial charge in [-0.05, 0) is 25.7 Å². The van der Waals surface area contributed by atoms with Gasteiger partial charge in [0.2, 0.25) is 5.91 Å². The number of carboxylic acids is 1. The second-order valence-corrected chi connectivity index (χ2v) is 5.23. The van der Waals surface area contributed by atoms with Gasteiger partial charge in [0.1, 0.15) is 5.69 Å². The molecular formula is C14H18N4O4. The molecule has 0 radical (unpaired) electrons. The van der Waals surface area contributed by atoms with Gasteiger partial charge in [-0.3, -0.25) is 9.59 Å². The van der Waals surface area contributed by atoms with E-state index < -0.39 is 5.97 Å². The van der Waals surface area contributed by atoms with Gasteiger partial charge in [0.15, 0.2) is 5.69 Å². The van der Waals surface area contributed by atoms with Crippen LogP contribution in [0.15, 0.2) is 12.4 Å². The smallest absolute Gasteiger partial charge is 0.356 e. The normalized spacial score (nSPS) is 21.0. The minimum atomic E-state index is -1.19. The molecule has 118 valence electrons. The zero-order valence-corrected chi connectivity index (χ0v) is 12.2. The molecule has 8 nitrogen and oxygen atoms in total. The van der Waals surface area contributed by atoms with Gasteiger partial charge in [0.25, 0.3) is 5.91 Å². The molecule has 0 atom stereocenters. The number of amides is 2. The number of carbonyl (C=O) groups excluding carboxylic acids is 2. The van der Waals surface area contributed by atoms with Crippen LogP contribution < -0.4 is 10.6 Å². The first-order chi connectivity index (χ1) is 10.5. The van der Waals surface area contributed by atoms with E-state index in [-0.39, 0.29) is 35.2 Å². The van der Waals surface area contributed by atoms with Crippen LogP contribution in [0, 0.1) is 5.92 Å². The summed E-state index contributed by atoms with van der Waals surface area (Å²) in [5.74, 6) is -1.52. The molecule has 22 heavy (non-hydrogen) atoms. The van der Waals surface area contributed by atoms with Gasteiger partial charge in [-0.25, -0.2) is 14.8 Å². The van der Waals surface area contributed by atoms with Gasteiger partial charge in [0.05, 0.1) is 12.4 Å². The minimum Gasteiger partial charge on any atom is -0.476 e. The summed E-state index contributed by atoms with van der Waals surface area (Å²) in [4.78, 5) is 41.7. The summed E-state index contributed by atoms with van der Waals surface area (Å²) in [6.45, 7) is 0. The fraction of sp³-hybridized carbons (Fsp3) is 0.500. The highest BCUT2D eigenvalue weighted by Crippen LogP contribution is 2.24. The van der Waals surface area contributed by atoms with E-state index in [1.165, 1.54) is 0 Å². The zero-order valence-electron chi connectivity index (χ0n) is 12.2. The van der Waals surface area contributed by atoms with E-state index in [0.29, 0.717) is 0 Å². The lowest BCUT2D eigenvalue weighted by molar-refractivity contribution is -0.125. The van der Waals surface area contributed by atoms with E-state index in [1.54, 1.807) is 7.05 Å². The van der Waals surface area contributed by atoms with Crippen LogP contribution in [0.5, 0.6) is 0 Å². The summed E-state index contributed by atoms with van der Waals surface area (Å²) in [6, 6.07) is -0.00523. The third-order valence-electron chi connectivity index (χ3n) is 3.78. The Kier molecular flexibility index (Phi) is 5.03. The largest absolute Gasteiger partial charge is 0.476 e. The molecule has 0 bridgehead atoms. The Balaban J connectivity index is 1.88. The molecule has 1 aromatic rings. The highest BCUT2D eigenvalue weighted by molar-refractivity contribution is 5.93. The Morgan fingerprint density at radius 3 is 2.18 bits per heavy atom. The molecule has 0 saturated heterocycles. The quantitative estimate of drug-likeness (QED) is 0.731. The molecule has 3 N–H and O–H groups in total. The van der Waals surface area contributed by atoms with Crippen LogP contribution in [0.1, 0.15) is 46.7 Å². The third-order valence-corrected chi connectivity index (χ3v) is 3.78. The van der Waals surface area contributed by atoms with E-state index in [2.05, 4.69) is 20.6 Å². The molecule has 2 amide bonds. The summed E-state index contributed by atoms with van der Waals surface area (Å²) in [7, 11) is 1.62. The van der Waals surface area contributed by atoms with Crippen molar-refractivity contribution >= 4 is 17.8 Å². The average Bonchev–Trinajstić information content (AvgIpc) is 2.54. The summed E-state index contributed by atoms with van der Waals surface area (Å²) in [5, 5.41) is 14.2. The highest BCUT2D eigenvalue weighted by atomic mass is 16.4. The fourth-order valence-corrected chi connectivity index (χ4v) is 2.52. The molecule has 2 rings (SSSR count). The van der Waals surface area contributed by atoms with E-state index in [9.17, 15) is 14.4 Å². The van der Waals surface area contributed by atoms with Crippen LogP contribution in [0.3, 0.4) is 0 Å². The van der Waals surface area contributed by atoms with E-state index >= 15 is 0 Å². The monoisotopic (exact) mass is 306 g/mol. The number of rotatable bonds is 4. The Bertz CT molecular complexity index is 565. The second kappa shape index (κ2) is 6.97. The fourth-order valence-electron chi connectivity index (χ4n) is 2.52. The lowest BCUT2D eigenvalue weighted by atomic mass is 9.85. The number of carboxylic acid groups (broad SMARTS) is 1. The van der Waals surface area contributed by atoms with E-state index in [1.807, 2.05) is 0 Å². The van der Waals surface area contributed by atoms with Gasteiger partial charge < -0.3 is 15.7 Å². The van der Waals surface area contributed by atoms with Gasteiger partial charge in [-0.1, -0.05) is 0 Å². The predicted molar refractivity (Wildman–Crippen MR) is 76.3 cm³/mol. The summed E-state index contributed by atoms with van der Waals surface area (Å²) < 4.78 is 0. The van der Waals surface area contributed by atoms with Crippen LogP contribution in [-0.2, 0) is 4.79 Å². The lowest BCUT2D eigenvalue weighted by Crippen LogP contribution is -2.40. The van der Waals surface area contributed by atoms with Gasteiger partial charge >= 0.3 is 5.97 Å². The maximum atomic E-state index is 12.0. The number of nitrogens with zero attached hydrogens (tertiary/aromatic N) is 2. The number of hydrogen-bond acceptors (Lipinski definition) is 5. The number of hydrogen-bond donors (Lipinski definition) is 3. The molecule has 8 heteroatoms. The molecule has 1 heterocycles. The Hall–Kier alpha value is -2.51. The molecule has 1 aliphatic carbocycles. The lowest BCUT2D eigenvalue weighted by Gasteiger charge is -2.27. The SMILES string of the molecule is CNC(=O)C1CCC(NC(=O)c2cnc(C(=O)O)cn2)CC1. The van der Waals surface area contributed by atoms with Crippen molar-refractivity contribution in [2.24, 2.45) is 5.92 Å². The molecule has 1 aliphatic rings. The zero-order chi connectivity index (χ0) is 16.1. The van der Waals surface area contributed by atoms with Crippen molar-refractivity contribution in [1.29, 1.82) is 0 Å². The maximum absolute atomic E-state index is 12.0. The standard InChI is InChI=1S/C14H18N4O4/c1-15-12(19)8-2-4-9(5-3-8)18-13(20)10-6-17-11(7-16-10)14(21)22/h6-9H,2-5H2,1H3,(H,15,19)(H,18,20)(H,21,22). The molecular weight excluding hydrogens is 288 g/mol. The van der Waals surface area contributed by atoms with Gasteiger partial charge in [0, 0.05) is 19.0 Å². The third kappa shape index (κ3) is 3.78. The molecule has 1 aromatic heterocycles. The number of aromatic carboxylic acids is 1. The predicted octanol–water partition coefficient (Wildman–Crippen LogP) is 0.209. The first-order valence-corrected chi connectivity index (χ1v) is 7.09. The molecule has 1 saturated carbocycles. The van der Waals surface area contributed by atoms with Crippen molar-refractivity contribution in [3.63, 3.8) is 0 Å². The Morgan fingerprint density at radius 1 is 1.09 bits per heavy atom. The van der Waals surface area contributed by atoms with Crippen LogP contribution in [0.4, 0.5) is 0 Å². The maximum Gasteiger partial charge on any atom is 0.356 e. The first kappa shape index (κ1) is 15.9. The van der Waals surface area contributed by atoms with Crippen molar-refractivity contribution in [3.8, 4) is 0 Å². The van der Waals surface area contributed by atoms with Crippen molar-refractivity contribution in [2.45, 2.75) is 31.7 Å². The first-order valence-electron chi connectivity index (χ1n) is 7.09. The number of carbonyl (C=O) groups is 3. The topological polar surface area (TPSA) is 121 Å². The molecule has 1 fully saturated rings. The second-order valence-electron chi connectivity index (χ2n) is 5.23. The van der Waals surface area contributed by atoms with Crippen LogP contribution in [0.2, 0.25) is 0 Å². The number of aromatic nitrogens is 2. The van der Waals surface area contributed by atoms with Crippen molar-refractivity contribution in [3.05, 3.63) is 23.8 Å². The van der Waals surface area contributed by atoms with Crippen LogP contribution in [-0.4, -0.2) is 45.9 Å². The van der Waals surface area contributed by atoms with Crippen molar-refractivity contribution in [2.75, 3.05) is 7.05 Å². The van der Waals surface area contributed by atoms with Gasteiger partial charge in [-0.2, -0.15) is 0 Å². The van der Waals surface area contributed by atoms with Crippen LogP contribution in [0.25, 0.3) is 0 Å². The van der Waals surface area contributed by atoms with E-state index in [4.69, 9.17) is 5.11 Å². The highest BCUT2D eigenvalue weighted by Gasteiger charge is 2.26. The Morgan fingerprint density at radius 2 is 1.68 bits per heavy atom. The summed E-state index contributed by atoms with van der Waals surface area (Å²) in [6.07, 6.45) is 5.12.